The average Bonchev–Trinajstić information content (AvgIpc) is 2.04. The van der Waals surface area contributed by atoms with Gasteiger partial charge in [0.25, 0.3) is 0 Å². The molecule has 0 amide bonds. The minimum atomic E-state index is 0.750. The van der Waals surface area contributed by atoms with Crippen molar-refractivity contribution in [3.05, 3.63) is 35.9 Å². The van der Waals surface area contributed by atoms with Crippen molar-refractivity contribution in [3.8, 4) is 0 Å². The standard InChI is InChI=1S/C11H19N2/c1-13(2,9-8-12)10-11-6-4-3-5-7-11/h3-7H,8-10,12H2,1-2H3/q+1. The number of hydrogen-bond acceptors (Lipinski definition) is 1. The summed E-state index contributed by atoms with van der Waals surface area (Å²) in [4.78, 5) is 0. The van der Waals surface area contributed by atoms with E-state index < -0.39 is 0 Å². The molecule has 0 unspecified atom stereocenters. The lowest BCUT2D eigenvalue weighted by molar-refractivity contribution is -0.902. The molecule has 0 heterocycles. The smallest absolute Gasteiger partial charge is 0.104 e. The Hall–Kier alpha value is -0.860. The Morgan fingerprint density at radius 1 is 1.15 bits per heavy atom. The van der Waals surface area contributed by atoms with Gasteiger partial charge in [0, 0.05) is 12.1 Å². The SMILES string of the molecule is C[N+](C)(CCN)Cc1ccccc1. The summed E-state index contributed by atoms with van der Waals surface area (Å²) < 4.78 is 0.959. The van der Waals surface area contributed by atoms with Gasteiger partial charge in [-0.25, -0.2) is 0 Å². The Labute approximate surface area is 80.6 Å². The quantitative estimate of drug-likeness (QED) is 0.691. The fraction of sp³-hybridized carbons (Fsp3) is 0.455. The molecule has 0 spiro atoms. The average molecular weight is 179 g/mol. The van der Waals surface area contributed by atoms with Gasteiger partial charge in [-0.05, 0) is 0 Å². The molecule has 0 aromatic heterocycles. The lowest BCUT2D eigenvalue weighted by Gasteiger charge is -2.29. The maximum atomic E-state index is 5.55. The number of benzene rings is 1. The zero-order chi connectivity index (χ0) is 9.73. The van der Waals surface area contributed by atoms with Crippen molar-refractivity contribution in [2.24, 2.45) is 5.73 Å². The van der Waals surface area contributed by atoms with Crippen molar-refractivity contribution in [3.63, 3.8) is 0 Å². The van der Waals surface area contributed by atoms with E-state index in [1.54, 1.807) is 0 Å². The van der Waals surface area contributed by atoms with Gasteiger partial charge in [-0.15, -0.1) is 0 Å². The zero-order valence-corrected chi connectivity index (χ0v) is 8.53. The molecule has 2 nitrogen and oxygen atoms in total. The van der Waals surface area contributed by atoms with Gasteiger partial charge in [0.2, 0.25) is 0 Å². The maximum absolute atomic E-state index is 5.55. The van der Waals surface area contributed by atoms with E-state index >= 15 is 0 Å². The number of rotatable bonds is 4. The van der Waals surface area contributed by atoms with E-state index in [0.29, 0.717) is 0 Å². The van der Waals surface area contributed by atoms with E-state index in [9.17, 15) is 0 Å². The van der Waals surface area contributed by atoms with Gasteiger partial charge in [-0.2, -0.15) is 0 Å². The summed E-state index contributed by atoms with van der Waals surface area (Å²) in [5, 5.41) is 0. The highest BCUT2D eigenvalue weighted by atomic mass is 15.3. The Balaban J connectivity index is 2.58. The van der Waals surface area contributed by atoms with Gasteiger partial charge in [0.1, 0.15) is 6.54 Å². The van der Waals surface area contributed by atoms with Crippen LogP contribution in [0.4, 0.5) is 0 Å². The van der Waals surface area contributed by atoms with E-state index in [1.165, 1.54) is 5.56 Å². The number of quaternary nitrogens is 1. The van der Waals surface area contributed by atoms with Crippen LogP contribution in [0.1, 0.15) is 5.56 Å². The highest BCUT2D eigenvalue weighted by Crippen LogP contribution is 2.07. The molecule has 0 aliphatic carbocycles. The predicted molar refractivity (Wildman–Crippen MR) is 56.2 cm³/mol. The molecular weight excluding hydrogens is 160 g/mol. The zero-order valence-electron chi connectivity index (χ0n) is 8.53. The van der Waals surface area contributed by atoms with E-state index in [2.05, 4.69) is 38.4 Å². The van der Waals surface area contributed by atoms with Crippen LogP contribution in [0.3, 0.4) is 0 Å². The molecule has 0 fully saturated rings. The molecule has 0 aliphatic heterocycles. The van der Waals surface area contributed by atoms with Crippen LogP contribution in [-0.4, -0.2) is 31.7 Å². The van der Waals surface area contributed by atoms with Gasteiger partial charge in [-0.3, -0.25) is 0 Å². The van der Waals surface area contributed by atoms with Crippen molar-refractivity contribution in [1.82, 2.24) is 0 Å². The summed E-state index contributed by atoms with van der Waals surface area (Å²) in [6, 6.07) is 10.5. The summed E-state index contributed by atoms with van der Waals surface area (Å²) >= 11 is 0. The van der Waals surface area contributed by atoms with Gasteiger partial charge in [0.15, 0.2) is 0 Å². The van der Waals surface area contributed by atoms with Crippen molar-refractivity contribution in [1.29, 1.82) is 0 Å². The second-order valence-corrected chi connectivity index (χ2v) is 4.09. The first kappa shape index (κ1) is 10.2. The fourth-order valence-corrected chi connectivity index (χ4v) is 1.51. The summed E-state index contributed by atoms with van der Waals surface area (Å²) in [6.45, 7) is 2.83. The van der Waals surface area contributed by atoms with Gasteiger partial charge < -0.3 is 10.2 Å². The van der Waals surface area contributed by atoms with Crippen LogP contribution in [0.5, 0.6) is 0 Å². The van der Waals surface area contributed by atoms with Crippen molar-refractivity contribution in [2.45, 2.75) is 6.54 Å². The number of nitrogens with two attached hydrogens (primary N) is 1. The number of likely N-dealkylation sites (N-methyl/N-ethyl adjacent to an activating group) is 1. The van der Waals surface area contributed by atoms with Gasteiger partial charge in [0.05, 0.1) is 20.6 Å². The molecule has 2 heteroatoms. The van der Waals surface area contributed by atoms with Crippen LogP contribution >= 0.6 is 0 Å². The third-order valence-corrected chi connectivity index (χ3v) is 2.19. The number of hydrogen-bond donors (Lipinski definition) is 1. The van der Waals surface area contributed by atoms with Crippen LogP contribution in [0, 0.1) is 0 Å². The lowest BCUT2D eigenvalue weighted by atomic mass is 10.2. The molecule has 0 aliphatic rings. The van der Waals surface area contributed by atoms with Crippen LogP contribution in [0.15, 0.2) is 30.3 Å². The maximum Gasteiger partial charge on any atom is 0.104 e. The molecule has 72 valence electrons. The minimum Gasteiger partial charge on any atom is -0.326 e. The van der Waals surface area contributed by atoms with Crippen LogP contribution in [0.2, 0.25) is 0 Å². The summed E-state index contributed by atoms with van der Waals surface area (Å²) in [6.07, 6.45) is 0. The summed E-state index contributed by atoms with van der Waals surface area (Å²) in [5.74, 6) is 0. The van der Waals surface area contributed by atoms with E-state index in [4.69, 9.17) is 5.73 Å². The topological polar surface area (TPSA) is 26.0 Å². The molecule has 1 aromatic carbocycles. The highest BCUT2D eigenvalue weighted by molar-refractivity contribution is 5.13. The summed E-state index contributed by atoms with van der Waals surface area (Å²) in [7, 11) is 4.42. The van der Waals surface area contributed by atoms with Crippen LogP contribution in [-0.2, 0) is 6.54 Å². The van der Waals surface area contributed by atoms with Gasteiger partial charge >= 0.3 is 0 Å². The minimum absolute atomic E-state index is 0.750. The second-order valence-electron chi connectivity index (χ2n) is 4.09. The second kappa shape index (κ2) is 4.40. The first-order valence-corrected chi connectivity index (χ1v) is 4.70. The Kier molecular flexibility index (Phi) is 3.46. The molecule has 0 radical (unpaired) electrons. The molecule has 0 bridgehead atoms. The molecule has 0 atom stereocenters. The molecular formula is C11H19N2+. The van der Waals surface area contributed by atoms with E-state index in [0.717, 1.165) is 24.1 Å². The highest BCUT2D eigenvalue weighted by Gasteiger charge is 2.13. The summed E-state index contributed by atoms with van der Waals surface area (Å²) in [5.41, 5.74) is 6.93. The first-order chi connectivity index (χ1) is 6.14. The molecule has 2 N–H and O–H groups in total. The van der Waals surface area contributed by atoms with Crippen LogP contribution < -0.4 is 5.73 Å². The van der Waals surface area contributed by atoms with E-state index in [-0.39, 0.29) is 0 Å². The largest absolute Gasteiger partial charge is 0.326 e. The fourth-order valence-electron chi connectivity index (χ4n) is 1.51. The van der Waals surface area contributed by atoms with Crippen LogP contribution in [0.25, 0.3) is 0 Å². The van der Waals surface area contributed by atoms with E-state index in [1.807, 2.05) is 6.07 Å². The Morgan fingerprint density at radius 3 is 2.31 bits per heavy atom. The predicted octanol–water partition coefficient (Wildman–Crippen LogP) is 1.22. The van der Waals surface area contributed by atoms with Gasteiger partial charge in [-0.1, -0.05) is 30.3 Å². The Bertz CT molecular complexity index is 242. The molecule has 0 saturated heterocycles. The molecule has 1 aromatic rings. The molecule has 13 heavy (non-hydrogen) atoms. The third-order valence-electron chi connectivity index (χ3n) is 2.19. The molecule has 1 rings (SSSR count). The Morgan fingerprint density at radius 2 is 1.77 bits per heavy atom. The third kappa shape index (κ3) is 3.57. The van der Waals surface area contributed by atoms with Crippen molar-refractivity contribution in [2.75, 3.05) is 27.2 Å². The monoisotopic (exact) mass is 179 g/mol. The number of nitrogens with zero attached hydrogens (tertiary/aromatic N) is 1. The first-order valence-electron chi connectivity index (χ1n) is 4.70. The molecule has 0 saturated carbocycles. The normalized spacial score (nSPS) is 11.6. The van der Waals surface area contributed by atoms with Crippen molar-refractivity contribution < 1.29 is 4.48 Å². The lowest BCUT2D eigenvalue weighted by Crippen LogP contribution is -2.42. The van der Waals surface area contributed by atoms with Crippen molar-refractivity contribution >= 4 is 0 Å².